The second-order valence-electron chi connectivity index (χ2n) is 7.96. The van der Waals surface area contributed by atoms with E-state index in [1.54, 1.807) is 0 Å². The SMILES string of the molecule is Cc1c(C(=O)N2CCCCCC2)oc2c1/C(=N/NC(=O)c1ccc(O)cc1)CCC2. The number of hydrazone groups is 1. The Labute approximate surface area is 175 Å². The Bertz CT molecular complexity index is 967. The van der Waals surface area contributed by atoms with E-state index in [1.165, 1.54) is 24.3 Å². The number of furan rings is 1. The molecule has 1 aliphatic heterocycles. The van der Waals surface area contributed by atoms with E-state index in [0.29, 0.717) is 17.7 Å². The van der Waals surface area contributed by atoms with Crippen molar-refractivity contribution >= 4 is 17.5 Å². The van der Waals surface area contributed by atoms with E-state index < -0.39 is 0 Å². The molecule has 2 aromatic rings. The number of amides is 2. The average molecular weight is 409 g/mol. The predicted molar refractivity (Wildman–Crippen MR) is 113 cm³/mol. The first-order valence-corrected chi connectivity index (χ1v) is 10.6. The molecule has 30 heavy (non-hydrogen) atoms. The van der Waals surface area contributed by atoms with Crippen molar-refractivity contribution in [3.05, 3.63) is 52.5 Å². The van der Waals surface area contributed by atoms with Gasteiger partial charge in [-0.1, -0.05) is 12.8 Å². The highest BCUT2D eigenvalue weighted by Crippen LogP contribution is 2.31. The van der Waals surface area contributed by atoms with E-state index in [0.717, 1.165) is 74.2 Å². The van der Waals surface area contributed by atoms with Crippen LogP contribution in [-0.2, 0) is 6.42 Å². The van der Waals surface area contributed by atoms with Gasteiger partial charge in [0.1, 0.15) is 11.5 Å². The maximum absolute atomic E-state index is 13.1. The standard InChI is InChI=1S/C23H27N3O4/c1-15-20-18(24-25-22(28)16-9-11-17(27)12-10-16)7-6-8-19(20)30-21(15)23(29)26-13-4-2-3-5-14-26/h9-12,27H,2-8,13-14H2,1H3,(H,25,28)/b24-18+. The number of aromatic hydroxyl groups is 1. The Morgan fingerprint density at radius 3 is 2.43 bits per heavy atom. The number of carbonyl (C=O) groups is 2. The average Bonchev–Trinajstić information content (AvgIpc) is 2.93. The number of likely N-dealkylation sites (tertiary alicyclic amines) is 1. The molecule has 2 heterocycles. The summed E-state index contributed by atoms with van der Waals surface area (Å²) in [6.45, 7) is 3.44. The molecule has 2 N–H and O–H groups in total. The molecule has 2 aliphatic rings. The van der Waals surface area contributed by atoms with Crippen LogP contribution >= 0.6 is 0 Å². The molecule has 1 aliphatic carbocycles. The number of aryl methyl sites for hydroxylation is 1. The molecule has 4 rings (SSSR count). The number of carbonyl (C=O) groups excluding carboxylic acids is 2. The van der Waals surface area contributed by atoms with Gasteiger partial charge in [0.25, 0.3) is 11.8 Å². The first kappa shape index (κ1) is 20.2. The highest BCUT2D eigenvalue weighted by atomic mass is 16.4. The van der Waals surface area contributed by atoms with E-state index in [2.05, 4.69) is 10.5 Å². The van der Waals surface area contributed by atoms with Gasteiger partial charge in [-0.15, -0.1) is 0 Å². The molecule has 0 saturated carbocycles. The number of phenolic OH excluding ortho intramolecular Hbond substituents is 1. The molecule has 0 radical (unpaired) electrons. The van der Waals surface area contributed by atoms with Crippen molar-refractivity contribution < 1.29 is 19.1 Å². The lowest BCUT2D eigenvalue weighted by Crippen LogP contribution is -2.32. The van der Waals surface area contributed by atoms with Gasteiger partial charge in [-0.25, -0.2) is 5.43 Å². The molecule has 1 aromatic heterocycles. The molecule has 2 amide bonds. The first-order valence-electron chi connectivity index (χ1n) is 10.6. The Morgan fingerprint density at radius 2 is 1.73 bits per heavy atom. The van der Waals surface area contributed by atoms with Crippen LogP contribution in [0.3, 0.4) is 0 Å². The van der Waals surface area contributed by atoms with Gasteiger partial charge in [-0.2, -0.15) is 5.10 Å². The maximum atomic E-state index is 13.1. The largest absolute Gasteiger partial charge is 0.508 e. The lowest BCUT2D eigenvalue weighted by atomic mass is 9.93. The number of hydrogen-bond donors (Lipinski definition) is 2. The molecule has 1 fully saturated rings. The number of hydrogen-bond acceptors (Lipinski definition) is 5. The van der Waals surface area contributed by atoms with Crippen molar-refractivity contribution in [2.45, 2.75) is 51.9 Å². The third-order valence-corrected chi connectivity index (χ3v) is 5.84. The number of rotatable bonds is 3. The van der Waals surface area contributed by atoms with E-state index in [4.69, 9.17) is 4.42 Å². The fourth-order valence-corrected chi connectivity index (χ4v) is 4.20. The number of nitrogens with one attached hydrogen (secondary N) is 1. The minimum atomic E-state index is -0.350. The Morgan fingerprint density at radius 1 is 1.03 bits per heavy atom. The molecule has 0 spiro atoms. The van der Waals surface area contributed by atoms with Crippen LogP contribution in [0.15, 0.2) is 33.8 Å². The summed E-state index contributed by atoms with van der Waals surface area (Å²) in [5.74, 6) is 0.884. The van der Waals surface area contributed by atoms with Crippen molar-refractivity contribution in [3.63, 3.8) is 0 Å². The van der Waals surface area contributed by atoms with Crippen LogP contribution in [0.5, 0.6) is 5.75 Å². The van der Waals surface area contributed by atoms with Crippen molar-refractivity contribution in [1.82, 2.24) is 10.3 Å². The minimum absolute atomic E-state index is 0.0451. The lowest BCUT2D eigenvalue weighted by Gasteiger charge is -2.19. The zero-order valence-electron chi connectivity index (χ0n) is 17.2. The Balaban J connectivity index is 1.56. The lowest BCUT2D eigenvalue weighted by molar-refractivity contribution is 0.0726. The van der Waals surface area contributed by atoms with Gasteiger partial charge < -0.3 is 14.4 Å². The summed E-state index contributed by atoms with van der Waals surface area (Å²) in [7, 11) is 0. The molecule has 158 valence electrons. The Hall–Kier alpha value is -3.09. The number of benzene rings is 1. The van der Waals surface area contributed by atoms with E-state index in [1.807, 2.05) is 11.8 Å². The van der Waals surface area contributed by atoms with Crippen LogP contribution in [0, 0.1) is 6.92 Å². The molecule has 7 heteroatoms. The van der Waals surface area contributed by atoms with Crippen LogP contribution in [0.1, 0.15) is 76.3 Å². The van der Waals surface area contributed by atoms with Gasteiger partial charge >= 0.3 is 0 Å². The quantitative estimate of drug-likeness (QED) is 0.754. The Kier molecular flexibility index (Phi) is 5.88. The third-order valence-electron chi connectivity index (χ3n) is 5.84. The summed E-state index contributed by atoms with van der Waals surface area (Å²) >= 11 is 0. The zero-order valence-corrected chi connectivity index (χ0v) is 17.2. The summed E-state index contributed by atoms with van der Waals surface area (Å²) in [6.07, 6.45) is 6.70. The number of fused-ring (bicyclic) bond motifs is 1. The summed E-state index contributed by atoms with van der Waals surface area (Å²) < 4.78 is 6.02. The fourth-order valence-electron chi connectivity index (χ4n) is 4.20. The highest BCUT2D eigenvalue weighted by Gasteiger charge is 2.30. The van der Waals surface area contributed by atoms with Crippen LogP contribution in [-0.4, -0.2) is 40.6 Å². The molecule has 1 aromatic carbocycles. The van der Waals surface area contributed by atoms with Crippen LogP contribution in [0.25, 0.3) is 0 Å². The van der Waals surface area contributed by atoms with E-state index in [9.17, 15) is 14.7 Å². The smallest absolute Gasteiger partial charge is 0.289 e. The van der Waals surface area contributed by atoms with Crippen molar-refractivity contribution in [2.75, 3.05) is 13.1 Å². The highest BCUT2D eigenvalue weighted by molar-refractivity contribution is 6.07. The second kappa shape index (κ2) is 8.73. The topological polar surface area (TPSA) is 95.1 Å². The molecular weight excluding hydrogens is 382 g/mol. The zero-order chi connectivity index (χ0) is 21.1. The normalized spacial score (nSPS) is 18.0. The molecule has 0 bridgehead atoms. The number of phenols is 1. The summed E-state index contributed by atoms with van der Waals surface area (Å²) in [4.78, 5) is 27.3. The van der Waals surface area contributed by atoms with Gasteiger partial charge in [0, 0.05) is 36.2 Å². The van der Waals surface area contributed by atoms with Crippen LogP contribution in [0.2, 0.25) is 0 Å². The van der Waals surface area contributed by atoms with E-state index >= 15 is 0 Å². The van der Waals surface area contributed by atoms with Crippen molar-refractivity contribution in [3.8, 4) is 5.75 Å². The monoisotopic (exact) mass is 409 g/mol. The van der Waals surface area contributed by atoms with Gasteiger partial charge in [0.2, 0.25) is 0 Å². The van der Waals surface area contributed by atoms with Gasteiger partial charge in [0.05, 0.1) is 5.71 Å². The van der Waals surface area contributed by atoms with Crippen molar-refractivity contribution in [1.29, 1.82) is 0 Å². The van der Waals surface area contributed by atoms with Crippen molar-refractivity contribution in [2.24, 2.45) is 5.10 Å². The third kappa shape index (κ3) is 4.10. The van der Waals surface area contributed by atoms with Gasteiger partial charge in [-0.3, -0.25) is 9.59 Å². The summed E-state index contributed by atoms with van der Waals surface area (Å²) in [6, 6.07) is 6.00. The fraction of sp³-hybridized carbons (Fsp3) is 0.435. The van der Waals surface area contributed by atoms with Gasteiger partial charge in [-0.05, 0) is 56.9 Å². The minimum Gasteiger partial charge on any atom is -0.508 e. The molecule has 0 atom stereocenters. The molecule has 0 unspecified atom stereocenters. The predicted octanol–water partition coefficient (Wildman–Crippen LogP) is 3.78. The van der Waals surface area contributed by atoms with E-state index in [-0.39, 0.29) is 17.6 Å². The summed E-state index contributed by atoms with van der Waals surface area (Å²) in [5, 5.41) is 13.7. The molecule has 1 saturated heterocycles. The first-order chi connectivity index (χ1) is 14.5. The number of nitrogens with zero attached hydrogens (tertiary/aromatic N) is 2. The van der Waals surface area contributed by atoms with Crippen LogP contribution < -0.4 is 5.43 Å². The van der Waals surface area contributed by atoms with Crippen LogP contribution in [0.4, 0.5) is 0 Å². The summed E-state index contributed by atoms with van der Waals surface area (Å²) in [5.41, 5.74) is 5.40. The molecule has 7 nitrogen and oxygen atoms in total. The maximum Gasteiger partial charge on any atom is 0.289 e. The van der Waals surface area contributed by atoms with Gasteiger partial charge in [0.15, 0.2) is 5.76 Å². The molecular formula is C23H27N3O4. The second-order valence-corrected chi connectivity index (χ2v) is 7.96.